The zero-order chi connectivity index (χ0) is 16.7. The van der Waals surface area contributed by atoms with Crippen LogP contribution in [0.4, 0.5) is 5.13 Å². The highest BCUT2D eigenvalue weighted by molar-refractivity contribution is 7.14. The van der Waals surface area contributed by atoms with Gasteiger partial charge in [0, 0.05) is 17.2 Å². The van der Waals surface area contributed by atoms with Crippen LogP contribution in [0.25, 0.3) is 0 Å². The molecule has 1 amide bonds. The number of amides is 1. The van der Waals surface area contributed by atoms with E-state index in [9.17, 15) is 4.79 Å². The van der Waals surface area contributed by atoms with Gasteiger partial charge in [-0.2, -0.15) is 0 Å². The number of nitrogens with zero attached hydrogens (tertiary/aromatic N) is 1. The van der Waals surface area contributed by atoms with E-state index in [1.165, 1.54) is 60.3 Å². The van der Waals surface area contributed by atoms with Gasteiger partial charge in [-0.05, 0) is 55.0 Å². The van der Waals surface area contributed by atoms with Gasteiger partial charge in [0.25, 0.3) is 0 Å². The molecule has 3 nitrogen and oxygen atoms in total. The first kappa shape index (κ1) is 18.1. The average molecular weight is 350 g/mol. The molecule has 2 rings (SSSR count). The summed E-state index contributed by atoms with van der Waals surface area (Å²) in [4.78, 5) is 16.9. The fourth-order valence-corrected chi connectivity index (χ4v) is 4.10. The van der Waals surface area contributed by atoms with Crippen molar-refractivity contribution in [1.82, 2.24) is 4.98 Å². The van der Waals surface area contributed by atoms with E-state index in [4.69, 9.17) is 0 Å². The predicted octanol–water partition coefficient (Wildman–Crippen LogP) is 5.28. The molecule has 5 heteroatoms. The maximum absolute atomic E-state index is 11.0. The lowest BCUT2D eigenvalue weighted by molar-refractivity contribution is -0.114. The zero-order valence-electron chi connectivity index (χ0n) is 14.1. The number of aryl methyl sites for hydroxylation is 3. The molecule has 1 N–H and O–H groups in total. The van der Waals surface area contributed by atoms with Gasteiger partial charge in [0.05, 0.1) is 5.69 Å². The molecule has 125 valence electrons. The van der Waals surface area contributed by atoms with Crippen LogP contribution in [-0.4, -0.2) is 10.9 Å². The number of thiazole rings is 1. The van der Waals surface area contributed by atoms with Crippen LogP contribution in [0.5, 0.6) is 0 Å². The Morgan fingerprint density at radius 3 is 2.65 bits per heavy atom. The summed E-state index contributed by atoms with van der Waals surface area (Å²) in [5, 5.41) is 7.75. The molecule has 2 aromatic rings. The SMILES string of the molecule is C[C](C)CCCCc1csc(CCc2csc(NC(C)=O)n2)c1. The molecule has 0 bridgehead atoms. The van der Waals surface area contributed by atoms with E-state index in [1.807, 2.05) is 16.7 Å². The zero-order valence-corrected chi connectivity index (χ0v) is 15.8. The van der Waals surface area contributed by atoms with Crippen LogP contribution in [0.2, 0.25) is 0 Å². The van der Waals surface area contributed by atoms with Crippen molar-refractivity contribution in [1.29, 1.82) is 0 Å². The van der Waals surface area contributed by atoms with Crippen molar-refractivity contribution >= 4 is 33.7 Å². The summed E-state index contributed by atoms with van der Waals surface area (Å²) in [5.74, 6) is 1.46. The minimum Gasteiger partial charge on any atom is -0.302 e. The van der Waals surface area contributed by atoms with Crippen molar-refractivity contribution in [3.8, 4) is 0 Å². The van der Waals surface area contributed by atoms with Crippen LogP contribution >= 0.6 is 22.7 Å². The number of thiophene rings is 1. The minimum absolute atomic E-state index is 0.0651. The van der Waals surface area contributed by atoms with Crippen molar-refractivity contribution in [2.75, 3.05) is 5.32 Å². The molecule has 0 aliphatic heterocycles. The average Bonchev–Trinajstić information content (AvgIpc) is 3.10. The fourth-order valence-electron chi connectivity index (χ4n) is 2.38. The maximum Gasteiger partial charge on any atom is 0.223 e. The van der Waals surface area contributed by atoms with Crippen LogP contribution in [0.3, 0.4) is 0 Å². The second-order valence-corrected chi connectivity index (χ2v) is 8.01. The van der Waals surface area contributed by atoms with E-state index in [1.54, 1.807) is 0 Å². The second kappa shape index (κ2) is 9.18. The molecule has 0 aromatic carbocycles. The standard InChI is InChI=1S/C18H25N2OS2/c1-13(2)6-4-5-7-15-10-17(22-11-15)9-8-16-12-23-18(20-16)19-14(3)21/h10-12H,4-9H2,1-3H3,(H,19,20,21). The summed E-state index contributed by atoms with van der Waals surface area (Å²) in [7, 11) is 0. The highest BCUT2D eigenvalue weighted by atomic mass is 32.1. The number of carbonyl (C=O) groups is 1. The van der Waals surface area contributed by atoms with Crippen LogP contribution in [0.1, 0.15) is 56.2 Å². The fraction of sp³-hybridized carbons (Fsp3) is 0.500. The molecule has 0 spiro atoms. The Balaban J connectivity index is 1.73. The molecule has 23 heavy (non-hydrogen) atoms. The molecule has 0 fully saturated rings. The van der Waals surface area contributed by atoms with E-state index in [-0.39, 0.29) is 5.91 Å². The summed E-state index contributed by atoms with van der Waals surface area (Å²) in [6, 6.07) is 2.34. The van der Waals surface area contributed by atoms with Gasteiger partial charge >= 0.3 is 0 Å². The monoisotopic (exact) mass is 349 g/mol. The number of hydrogen-bond acceptors (Lipinski definition) is 4. The van der Waals surface area contributed by atoms with Crippen molar-refractivity contribution < 1.29 is 4.79 Å². The summed E-state index contributed by atoms with van der Waals surface area (Å²) >= 11 is 3.34. The minimum atomic E-state index is -0.0651. The van der Waals surface area contributed by atoms with Gasteiger partial charge in [-0.3, -0.25) is 4.79 Å². The number of rotatable bonds is 9. The molecule has 2 aromatic heterocycles. The predicted molar refractivity (Wildman–Crippen MR) is 100 cm³/mol. The first-order chi connectivity index (χ1) is 11.0. The highest BCUT2D eigenvalue weighted by Gasteiger charge is 2.06. The Morgan fingerprint density at radius 1 is 1.09 bits per heavy atom. The Hall–Kier alpha value is -1.20. The Labute approximate surface area is 147 Å². The van der Waals surface area contributed by atoms with E-state index >= 15 is 0 Å². The number of nitrogens with one attached hydrogen (secondary N) is 1. The number of carbonyl (C=O) groups excluding carboxylic acids is 1. The number of unbranched alkanes of at least 4 members (excludes halogenated alkanes) is 1. The maximum atomic E-state index is 11.0. The van der Waals surface area contributed by atoms with Crippen LogP contribution in [-0.2, 0) is 24.1 Å². The van der Waals surface area contributed by atoms with Gasteiger partial charge in [0.1, 0.15) is 0 Å². The first-order valence-corrected chi connectivity index (χ1v) is 9.86. The highest BCUT2D eigenvalue weighted by Crippen LogP contribution is 2.21. The van der Waals surface area contributed by atoms with E-state index < -0.39 is 0 Å². The topological polar surface area (TPSA) is 42.0 Å². The Kier molecular flexibility index (Phi) is 7.24. The number of anilines is 1. The largest absolute Gasteiger partial charge is 0.302 e. The lowest BCUT2D eigenvalue weighted by Gasteiger charge is -2.02. The lowest BCUT2D eigenvalue weighted by Crippen LogP contribution is -2.05. The van der Waals surface area contributed by atoms with E-state index in [2.05, 4.69) is 35.6 Å². The lowest BCUT2D eigenvalue weighted by atomic mass is 10.0. The summed E-state index contributed by atoms with van der Waals surface area (Å²) in [5.41, 5.74) is 2.53. The van der Waals surface area contributed by atoms with Crippen molar-refractivity contribution in [2.24, 2.45) is 0 Å². The Morgan fingerprint density at radius 2 is 1.91 bits per heavy atom. The summed E-state index contributed by atoms with van der Waals surface area (Å²) < 4.78 is 0. The van der Waals surface area contributed by atoms with E-state index in [0.29, 0.717) is 5.13 Å². The van der Waals surface area contributed by atoms with Gasteiger partial charge in [0.2, 0.25) is 5.91 Å². The Bertz CT molecular complexity index is 616. The summed E-state index contributed by atoms with van der Waals surface area (Å²) in [6.45, 7) is 5.92. The quantitative estimate of drug-likeness (QED) is 0.626. The number of hydrogen-bond donors (Lipinski definition) is 1. The van der Waals surface area contributed by atoms with E-state index in [0.717, 1.165) is 18.5 Å². The van der Waals surface area contributed by atoms with Crippen molar-refractivity contribution in [2.45, 2.75) is 59.3 Å². The van der Waals surface area contributed by atoms with Crippen molar-refractivity contribution in [3.63, 3.8) is 0 Å². The molecule has 1 radical (unpaired) electrons. The smallest absolute Gasteiger partial charge is 0.223 e. The molecule has 0 unspecified atom stereocenters. The third-order valence-corrected chi connectivity index (χ3v) is 5.41. The number of aromatic nitrogens is 1. The molecule has 0 atom stereocenters. The van der Waals surface area contributed by atoms with Gasteiger partial charge < -0.3 is 5.32 Å². The molecule has 0 saturated heterocycles. The van der Waals surface area contributed by atoms with Crippen molar-refractivity contribution in [3.05, 3.63) is 38.9 Å². The van der Waals surface area contributed by atoms with Gasteiger partial charge in [-0.1, -0.05) is 20.3 Å². The van der Waals surface area contributed by atoms with Gasteiger partial charge in [-0.15, -0.1) is 22.7 Å². The van der Waals surface area contributed by atoms with Crippen LogP contribution < -0.4 is 5.32 Å². The molecule has 0 aliphatic rings. The molecule has 2 heterocycles. The van der Waals surface area contributed by atoms with Crippen LogP contribution in [0, 0.1) is 5.92 Å². The van der Waals surface area contributed by atoms with Gasteiger partial charge in [-0.25, -0.2) is 4.98 Å². The normalized spacial score (nSPS) is 11.1. The molecular weight excluding hydrogens is 324 g/mol. The van der Waals surface area contributed by atoms with Crippen LogP contribution in [0.15, 0.2) is 16.8 Å². The molecular formula is C18H25N2OS2. The van der Waals surface area contributed by atoms with Gasteiger partial charge in [0.15, 0.2) is 5.13 Å². The molecule has 0 aliphatic carbocycles. The summed E-state index contributed by atoms with van der Waals surface area (Å²) in [6.07, 6.45) is 6.95. The first-order valence-electron chi connectivity index (χ1n) is 8.10. The third-order valence-electron chi connectivity index (χ3n) is 3.56. The second-order valence-electron chi connectivity index (χ2n) is 6.16. The third kappa shape index (κ3) is 6.83. The molecule has 0 saturated carbocycles.